The molecule has 0 aromatic rings. The maximum atomic E-state index is 10.1. The van der Waals surface area contributed by atoms with Crippen LogP contribution >= 0.6 is 0 Å². The maximum absolute atomic E-state index is 10.1. The first kappa shape index (κ1) is 11.1. The molecule has 3 rings (SSSR count). The third-order valence-electron chi connectivity index (χ3n) is 5.85. The number of aliphatic hydroxyl groups is 1. The zero-order valence-corrected chi connectivity index (χ0v) is 10.6. The molecule has 92 valence electrons. The molecule has 3 fully saturated rings. The molecule has 0 bridgehead atoms. The monoisotopic (exact) mass is 222 g/mol. The van der Waals surface area contributed by atoms with Crippen molar-refractivity contribution in [1.82, 2.24) is 0 Å². The van der Waals surface area contributed by atoms with Crippen molar-refractivity contribution in [2.24, 2.45) is 29.6 Å². The molecule has 0 radical (unpaired) electrons. The summed E-state index contributed by atoms with van der Waals surface area (Å²) in [7, 11) is 0. The number of fused-ring (bicyclic) bond motifs is 3. The van der Waals surface area contributed by atoms with E-state index in [1.807, 2.05) is 6.92 Å². The van der Waals surface area contributed by atoms with Gasteiger partial charge in [0.15, 0.2) is 0 Å². The van der Waals surface area contributed by atoms with Gasteiger partial charge in [0.2, 0.25) is 0 Å². The fourth-order valence-corrected chi connectivity index (χ4v) is 5.43. The summed E-state index contributed by atoms with van der Waals surface area (Å²) in [6, 6.07) is 0. The molecule has 0 aliphatic heterocycles. The molecule has 16 heavy (non-hydrogen) atoms. The van der Waals surface area contributed by atoms with Gasteiger partial charge >= 0.3 is 0 Å². The molecule has 0 heterocycles. The summed E-state index contributed by atoms with van der Waals surface area (Å²) in [5, 5.41) is 10.1. The van der Waals surface area contributed by atoms with E-state index in [0.717, 1.165) is 23.7 Å². The van der Waals surface area contributed by atoms with Gasteiger partial charge in [0.25, 0.3) is 0 Å². The van der Waals surface area contributed by atoms with Crippen LogP contribution < -0.4 is 0 Å². The molecule has 3 saturated carbocycles. The van der Waals surface area contributed by atoms with Crippen molar-refractivity contribution < 1.29 is 5.11 Å². The number of hydrogen-bond donors (Lipinski definition) is 1. The van der Waals surface area contributed by atoms with Gasteiger partial charge in [-0.25, -0.2) is 0 Å². The summed E-state index contributed by atoms with van der Waals surface area (Å²) in [5.41, 5.74) is 0. The van der Waals surface area contributed by atoms with Crippen molar-refractivity contribution in [2.45, 2.75) is 64.4 Å². The lowest BCUT2D eigenvalue weighted by Gasteiger charge is -2.32. The third-order valence-corrected chi connectivity index (χ3v) is 5.85. The van der Waals surface area contributed by atoms with E-state index in [2.05, 4.69) is 0 Å². The van der Waals surface area contributed by atoms with E-state index in [1.54, 1.807) is 0 Å². The Bertz CT molecular complexity index is 226. The highest BCUT2D eigenvalue weighted by molar-refractivity contribution is 5.00. The van der Waals surface area contributed by atoms with Crippen molar-refractivity contribution in [2.75, 3.05) is 0 Å². The third kappa shape index (κ3) is 1.63. The predicted octanol–water partition coefficient (Wildman–Crippen LogP) is 3.61. The van der Waals surface area contributed by atoms with Gasteiger partial charge in [-0.3, -0.25) is 0 Å². The summed E-state index contributed by atoms with van der Waals surface area (Å²) < 4.78 is 0. The van der Waals surface area contributed by atoms with E-state index < -0.39 is 0 Å². The Labute approximate surface area is 99.6 Å². The first-order valence-electron chi connectivity index (χ1n) is 7.47. The summed E-state index contributed by atoms with van der Waals surface area (Å²) in [5.74, 6) is 4.37. The zero-order valence-electron chi connectivity index (χ0n) is 10.6. The normalized spacial score (nSPS) is 49.5. The van der Waals surface area contributed by atoms with Gasteiger partial charge in [-0.2, -0.15) is 0 Å². The lowest BCUT2D eigenvalue weighted by Crippen LogP contribution is -2.30. The molecule has 0 aromatic heterocycles. The van der Waals surface area contributed by atoms with Gasteiger partial charge in [-0.05, 0) is 62.2 Å². The van der Waals surface area contributed by atoms with E-state index in [-0.39, 0.29) is 6.10 Å². The van der Waals surface area contributed by atoms with E-state index in [1.165, 1.54) is 51.4 Å². The number of hydrogen-bond acceptors (Lipinski definition) is 1. The summed E-state index contributed by atoms with van der Waals surface area (Å²) >= 11 is 0. The van der Waals surface area contributed by atoms with Crippen LogP contribution in [0.5, 0.6) is 0 Å². The fourth-order valence-electron chi connectivity index (χ4n) is 5.43. The molecule has 5 unspecified atom stereocenters. The Kier molecular flexibility index (Phi) is 2.99. The van der Waals surface area contributed by atoms with Crippen molar-refractivity contribution in [3.05, 3.63) is 0 Å². The molecular formula is C15H26O. The minimum absolute atomic E-state index is 0.0568. The van der Waals surface area contributed by atoms with E-state index in [0.29, 0.717) is 5.92 Å². The second-order valence-corrected chi connectivity index (χ2v) is 6.54. The fraction of sp³-hybridized carbons (Fsp3) is 1.00. The summed E-state index contributed by atoms with van der Waals surface area (Å²) in [6.07, 6.45) is 11.4. The Hall–Kier alpha value is -0.0400. The first-order valence-corrected chi connectivity index (χ1v) is 7.47. The number of aliphatic hydroxyl groups excluding tert-OH is 1. The molecular weight excluding hydrogens is 196 g/mol. The second-order valence-electron chi connectivity index (χ2n) is 6.54. The SMILES string of the molecule is CC(O)C1C2CCCCC2C2CCCCC21. The van der Waals surface area contributed by atoms with Crippen LogP contribution in [0.1, 0.15) is 58.3 Å². The van der Waals surface area contributed by atoms with Crippen LogP contribution in [0.2, 0.25) is 0 Å². The molecule has 0 spiro atoms. The minimum atomic E-state index is -0.0568. The van der Waals surface area contributed by atoms with E-state index in [4.69, 9.17) is 0 Å². The van der Waals surface area contributed by atoms with Gasteiger partial charge in [0.1, 0.15) is 0 Å². The van der Waals surface area contributed by atoms with Gasteiger partial charge in [0.05, 0.1) is 6.10 Å². The molecule has 1 heteroatoms. The van der Waals surface area contributed by atoms with Crippen LogP contribution in [0.15, 0.2) is 0 Å². The standard InChI is InChI=1S/C15H26O/c1-10(16)15-13-8-4-2-6-11(13)12-7-3-5-9-14(12)15/h10-16H,2-9H2,1H3. The van der Waals surface area contributed by atoms with Crippen molar-refractivity contribution in [3.8, 4) is 0 Å². The lowest BCUT2D eigenvalue weighted by atomic mass is 9.73. The van der Waals surface area contributed by atoms with Crippen LogP contribution in [0.3, 0.4) is 0 Å². The van der Waals surface area contributed by atoms with Gasteiger partial charge in [0, 0.05) is 0 Å². The van der Waals surface area contributed by atoms with Crippen LogP contribution in [0, 0.1) is 29.6 Å². The van der Waals surface area contributed by atoms with Crippen molar-refractivity contribution in [1.29, 1.82) is 0 Å². The largest absolute Gasteiger partial charge is 0.393 e. The highest BCUT2D eigenvalue weighted by atomic mass is 16.3. The Morgan fingerprint density at radius 2 is 1.12 bits per heavy atom. The molecule has 0 saturated heterocycles. The summed E-state index contributed by atoms with van der Waals surface area (Å²) in [6.45, 7) is 2.05. The average molecular weight is 222 g/mol. The Morgan fingerprint density at radius 3 is 1.50 bits per heavy atom. The average Bonchev–Trinajstić information content (AvgIpc) is 2.63. The van der Waals surface area contributed by atoms with Gasteiger partial charge < -0.3 is 5.11 Å². The van der Waals surface area contributed by atoms with Gasteiger partial charge in [-0.1, -0.05) is 25.7 Å². The molecule has 3 aliphatic carbocycles. The second kappa shape index (κ2) is 4.33. The Morgan fingerprint density at radius 1 is 0.750 bits per heavy atom. The maximum Gasteiger partial charge on any atom is 0.0545 e. The Balaban J connectivity index is 1.86. The smallest absolute Gasteiger partial charge is 0.0545 e. The first-order chi connectivity index (χ1) is 7.79. The molecule has 3 aliphatic rings. The predicted molar refractivity (Wildman–Crippen MR) is 66.1 cm³/mol. The molecule has 1 N–H and O–H groups in total. The van der Waals surface area contributed by atoms with Crippen LogP contribution in [0.4, 0.5) is 0 Å². The van der Waals surface area contributed by atoms with E-state index >= 15 is 0 Å². The number of rotatable bonds is 1. The van der Waals surface area contributed by atoms with E-state index in [9.17, 15) is 5.11 Å². The molecule has 0 amide bonds. The molecule has 1 nitrogen and oxygen atoms in total. The van der Waals surface area contributed by atoms with Crippen LogP contribution in [-0.4, -0.2) is 11.2 Å². The topological polar surface area (TPSA) is 20.2 Å². The van der Waals surface area contributed by atoms with Crippen LogP contribution in [-0.2, 0) is 0 Å². The lowest BCUT2D eigenvalue weighted by molar-refractivity contribution is 0.0539. The van der Waals surface area contributed by atoms with Crippen LogP contribution in [0.25, 0.3) is 0 Å². The van der Waals surface area contributed by atoms with Crippen molar-refractivity contribution >= 4 is 0 Å². The van der Waals surface area contributed by atoms with Crippen molar-refractivity contribution in [3.63, 3.8) is 0 Å². The molecule has 5 atom stereocenters. The summed E-state index contributed by atoms with van der Waals surface area (Å²) in [4.78, 5) is 0. The zero-order chi connectivity index (χ0) is 11.1. The highest BCUT2D eigenvalue weighted by Gasteiger charge is 2.52. The minimum Gasteiger partial charge on any atom is -0.393 e. The van der Waals surface area contributed by atoms with Gasteiger partial charge in [-0.15, -0.1) is 0 Å². The highest BCUT2D eigenvalue weighted by Crippen LogP contribution is 2.58. The molecule has 0 aromatic carbocycles. The quantitative estimate of drug-likeness (QED) is 0.718.